The number of benzene rings is 3. The number of rotatable bonds is 5. The Labute approximate surface area is 192 Å². The van der Waals surface area contributed by atoms with Gasteiger partial charge in [-0.05, 0) is 35.0 Å². The molecule has 4 N–H and O–H groups in total. The minimum atomic E-state index is -1.16. The Hall–Kier alpha value is -4.18. The zero-order valence-corrected chi connectivity index (χ0v) is 17.9. The summed E-state index contributed by atoms with van der Waals surface area (Å²) >= 11 is 0.894. The molecule has 33 heavy (non-hydrogen) atoms. The first kappa shape index (κ1) is 22.0. The monoisotopic (exact) mass is 462 g/mol. The van der Waals surface area contributed by atoms with E-state index in [9.17, 15) is 19.5 Å². The van der Waals surface area contributed by atoms with Gasteiger partial charge in [0.1, 0.15) is 11.0 Å². The number of imide groups is 1. The van der Waals surface area contributed by atoms with Gasteiger partial charge in [0.25, 0.3) is 0 Å². The molecule has 2 amide bonds. The average Bonchev–Trinajstić information content (AvgIpc) is 3.07. The van der Waals surface area contributed by atoms with Crippen molar-refractivity contribution in [3.63, 3.8) is 0 Å². The number of carbonyl (C=O) groups is 3. The first-order chi connectivity index (χ1) is 15.8. The Morgan fingerprint density at radius 1 is 1.12 bits per heavy atom. The summed E-state index contributed by atoms with van der Waals surface area (Å²) in [5.74, 6) is -2.10. The number of amidine groups is 1. The van der Waals surface area contributed by atoms with Gasteiger partial charge >= 0.3 is 5.97 Å². The van der Waals surface area contributed by atoms with E-state index in [0.717, 1.165) is 27.4 Å². The Morgan fingerprint density at radius 2 is 1.91 bits per heavy atom. The number of nitrogens with zero attached hydrogens (tertiary/aromatic N) is 3. The summed E-state index contributed by atoms with van der Waals surface area (Å²) in [6, 6.07) is 16.4. The second-order valence-corrected chi connectivity index (χ2v) is 8.36. The summed E-state index contributed by atoms with van der Waals surface area (Å²) in [6.45, 7) is 0. The Kier molecular flexibility index (Phi) is 6.09. The highest BCUT2D eigenvalue weighted by Crippen LogP contribution is 2.30. The molecule has 1 saturated heterocycles. The molecule has 1 atom stereocenters. The molecule has 0 saturated carbocycles. The molecule has 0 aliphatic carbocycles. The molecule has 0 unspecified atom stereocenters. The third kappa shape index (κ3) is 4.55. The molecule has 166 valence electrons. The third-order valence-electron chi connectivity index (χ3n) is 5.01. The Bertz CT molecular complexity index is 1340. The second-order valence-electron chi connectivity index (χ2n) is 7.14. The average molecular weight is 462 g/mol. The number of aromatic hydroxyl groups is 1. The minimum absolute atomic E-state index is 0.0294. The number of carbonyl (C=O) groups excluding carboxylic acids is 2. The van der Waals surface area contributed by atoms with Crippen LogP contribution in [-0.4, -0.2) is 44.6 Å². The van der Waals surface area contributed by atoms with Crippen LogP contribution in [0.4, 0.5) is 5.69 Å². The van der Waals surface area contributed by atoms with Crippen LogP contribution in [0, 0.1) is 0 Å². The van der Waals surface area contributed by atoms with Gasteiger partial charge in [0.2, 0.25) is 11.8 Å². The summed E-state index contributed by atoms with van der Waals surface area (Å²) in [5, 5.41) is 28.0. The molecule has 0 radical (unpaired) electrons. The van der Waals surface area contributed by atoms with Crippen molar-refractivity contribution in [1.82, 2.24) is 0 Å². The molecule has 3 aromatic rings. The molecule has 1 fully saturated rings. The van der Waals surface area contributed by atoms with Gasteiger partial charge in [0.05, 0.1) is 17.5 Å². The van der Waals surface area contributed by atoms with Gasteiger partial charge in [-0.25, -0.2) is 9.69 Å². The lowest BCUT2D eigenvalue weighted by atomic mass is 10.0. The number of carboxylic acid groups (broad SMARTS) is 1. The van der Waals surface area contributed by atoms with E-state index < -0.39 is 23.0 Å². The summed E-state index contributed by atoms with van der Waals surface area (Å²) in [5.41, 5.74) is 6.54. The smallest absolute Gasteiger partial charge is 0.335 e. The normalized spacial score (nSPS) is 16.8. The summed E-state index contributed by atoms with van der Waals surface area (Å²) in [6.07, 6.45) is 1.27. The largest absolute Gasteiger partial charge is 0.507 e. The number of nitrogens with two attached hydrogens (primary N) is 1. The van der Waals surface area contributed by atoms with E-state index in [-0.39, 0.29) is 28.6 Å². The number of anilines is 1. The first-order valence-corrected chi connectivity index (χ1v) is 10.7. The maximum Gasteiger partial charge on any atom is 0.335 e. The highest BCUT2D eigenvalue weighted by atomic mass is 32.2. The zero-order chi connectivity index (χ0) is 23.5. The topological polar surface area (TPSA) is 146 Å². The molecule has 0 bridgehead atoms. The number of phenolic OH excluding ortho intramolecular Hbond substituents is 1. The number of fused-ring (bicyclic) bond motifs is 1. The van der Waals surface area contributed by atoms with Crippen molar-refractivity contribution in [2.24, 2.45) is 15.9 Å². The van der Waals surface area contributed by atoms with Crippen molar-refractivity contribution in [3.05, 3.63) is 71.8 Å². The van der Waals surface area contributed by atoms with Crippen LogP contribution in [0.3, 0.4) is 0 Å². The number of carboxylic acids is 1. The summed E-state index contributed by atoms with van der Waals surface area (Å²) in [4.78, 5) is 37.3. The first-order valence-electron chi connectivity index (χ1n) is 9.79. The van der Waals surface area contributed by atoms with Crippen molar-refractivity contribution in [2.75, 3.05) is 4.90 Å². The van der Waals surface area contributed by atoms with Crippen LogP contribution in [0.2, 0.25) is 0 Å². The fourth-order valence-corrected chi connectivity index (χ4v) is 4.30. The van der Waals surface area contributed by atoms with E-state index in [1.54, 1.807) is 12.1 Å². The minimum Gasteiger partial charge on any atom is -0.507 e. The maximum absolute atomic E-state index is 12.8. The standard InChI is InChI=1S/C23H18N4O5S/c24-23(26-25-12-17-16-7-2-1-4-13(16)8-9-18(17)28)33-19-11-20(29)27(21(19)30)15-6-3-5-14(10-15)22(31)32/h1-10,12,19,28H,11H2,(H2,24,26)(H,31,32)/b25-12-/t19-/m0/s1. The lowest BCUT2D eigenvalue weighted by Gasteiger charge is -2.15. The predicted molar refractivity (Wildman–Crippen MR) is 127 cm³/mol. The third-order valence-corrected chi connectivity index (χ3v) is 5.99. The zero-order valence-electron chi connectivity index (χ0n) is 17.1. The number of phenols is 1. The summed E-state index contributed by atoms with van der Waals surface area (Å²) in [7, 11) is 0. The second kappa shape index (κ2) is 9.13. The summed E-state index contributed by atoms with van der Waals surface area (Å²) < 4.78 is 0. The van der Waals surface area contributed by atoms with Crippen molar-refractivity contribution < 1.29 is 24.6 Å². The van der Waals surface area contributed by atoms with Crippen LogP contribution in [0.1, 0.15) is 22.3 Å². The fourth-order valence-electron chi connectivity index (χ4n) is 3.48. The van der Waals surface area contributed by atoms with Crippen molar-refractivity contribution >= 4 is 57.4 Å². The maximum atomic E-state index is 12.8. The van der Waals surface area contributed by atoms with E-state index in [1.165, 1.54) is 30.5 Å². The van der Waals surface area contributed by atoms with Crippen molar-refractivity contribution in [3.8, 4) is 5.75 Å². The number of aromatic carboxylic acids is 1. The van der Waals surface area contributed by atoms with Gasteiger partial charge < -0.3 is 15.9 Å². The Morgan fingerprint density at radius 3 is 2.70 bits per heavy atom. The molecule has 1 aliphatic heterocycles. The molecule has 1 aliphatic rings. The van der Waals surface area contributed by atoms with Crippen LogP contribution in [0.5, 0.6) is 5.75 Å². The Balaban J connectivity index is 1.49. The molecular weight excluding hydrogens is 444 g/mol. The van der Waals surface area contributed by atoms with E-state index in [2.05, 4.69) is 10.2 Å². The van der Waals surface area contributed by atoms with Gasteiger partial charge in [-0.2, -0.15) is 5.10 Å². The van der Waals surface area contributed by atoms with E-state index in [0.29, 0.717) is 5.56 Å². The molecule has 9 nitrogen and oxygen atoms in total. The number of thioether (sulfide) groups is 1. The lowest BCUT2D eigenvalue weighted by molar-refractivity contribution is -0.121. The highest BCUT2D eigenvalue weighted by Gasteiger charge is 2.40. The van der Waals surface area contributed by atoms with Gasteiger partial charge in [0, 0.05) is 12.0 Å². The van der Waals surface area contributed by atoms with Gasteiger partial charge in [-0.15, -0.1) is 5.10 Å². The van der Waals surface area contributed by atoms with Crippen molar-refractivity contribution in [2.45, 2.75) is 11.7 Å². The fraction of sp³-hybridized carbons (Fsp3) is 0.0870. The molecule has 4 rings (SSSR count). The van der Waals surface area contributed by atoms with Crippen LogP contribution in [0.15, 0.2) is 70.9 Å². The molecule has 0 spiro atoms. The van der Waals surface area contributed by atoms with Crippen LogP contribution >= 0.6 is 11.8 Å². The van der Waals surface area contributed by atoms with Crippen LogP contribution < -0.4 is 10.6 Å². The predicted octanol–water partition coefficient (Wildman–Crippen LogP) is 2.96. The molecule has 1 heterocycles. The molecule has 0 aromatic heterocycles. The highest BCUT2D eigenvalue weighted by molar-refractivity contribution is 8.14. The van der Waals surface area contributed by atoms with E-state index >= 15 is 0 Å². The number of amides is 2. The lowest BCUT2D eigenvalue weighted by Crippen LogP contribution is -2.32. The van der Waals surface area contributed by atoms with Gasteiger partial charge in [-0.1, -0.05) is 48.2 Å². The molecule has 10 heteroatoms. The quantitative estimate of drug-likeness (QED) is 0.229. The van der Waals surface area contributed by atoms with E-state index in [1.807, 2.05) is 24.3 Å². The molecule has 3 aromatic carbocycles. The van der Waals surface area contributed by atoms with Crippen molar-refractivity contribution in [1.29, 1.82) is 0 Å². The SMILES string of the molecule is NC(=N/N=C\c1c(O)ccc2ccccc12)S[C@H]1CC(=O)N(c2cccc(C(=O)O)c2)C1=O. The van der Waals surface area contributed by atoms with Gasteiger partial charge in [-0.3, -0.25) is 9.59 Å². The molecular formula is C23H18N4O5S. The number of hydrogen-bond donors (Lipinski definition) is 3. The van der Waals surface area contributed by atoms with Gasteiger partial charge in [0.15, 0.2) is 5.17 Å². The van der Waals surface area contributed by atoms with Crippen LogP contribution in [-0.2, 0) is 9.59 Å². The van der Waals surface area contributed by atoms with Crippen LogP contribution in [0.25, 0.3) is 10.8 Å². The van der Waals surface area contributed by atoms with E-state index in [4.69, 9.17) is 10.8 Å². The number of hydrogen-bond acceptors (Lipinski definition) is 7.